The van der Waals surface area contributed by atoms with Crippen LogP contribution in [0.15, 0.2) is 47.4 Å². The Morgan fingerprint density at radius 1 is 1.10 bits per heavy atom. The number of rotatable bonds is 5. The van der Waals surface area contributed by atoms with Crippen LogP contribution < -0.4 is 10.2 Å². The molecule has 1 radical (unpaired) electrons. The van der Waals surface area contributed by atoms with E-state index < -0.39 is 0 Å². The van der Waals surface area contributed by atoms with E-state index in [0.29, 0.717) is 6.42 Å². The molecular formula is C25H25FN3OS. The summed E-state index contributed by atoms with van der Waals surface area (Å²) in [6, 6.07) is 11.6. The third kappa shape index (κ3) is 4.10. The zero-order valence-electron chi connectivity index (χ0n) is 17.6. The Morgan fingerprint density at radius 3 is 2.74 bits per heavy atom. The smallest absolute Gasteiger partial charge is 0.273 e. The Balaban J connectivity index is 1.20. The molecule has 2 aromatic carbocycles. The van der Waals surface area contributed by atoms with Crippen molar-refractivity contribution in [2.75, 3.05) is 37.6 Å². The molecule has 0 aliphatic carbocycles. The van der Waals surface area contributed by atoms with Crippen LogP contribution in [0.2, 0.25) is 0 Å². The van der Waals surface area contributed by atoms with Crippen LogP contribution in [0.1, 0.15) is 24.5 Å². The minimum Gasteiger partial charge on any atom is -0.368 e. The summed E-state index contributed by atoms with van der Waals surface area (Å²) < 4.78 is 15.0. The molecule has 0 unspecified atom stereocenters. The number of anilines is 1. The molecule has 2 aliphatic rings. The quantitative estimate of drug-likeness (QED) is 0.569. The summed E-state index contributed by atoms with van der Waals surface area (Å²) in [6.45, 7) is 6.65. The summed E-state index contributed by atoms with van der Waals surface area (Å²) in [7, 11) is 0. The number of thiophene rings is 1. The molecule has 3 aromatic rings. The minimum absolute atomic E-state index is 0.111. The standard InChI is InChI=1S/C25H25FN3OS/c1-2-18-14-19-4-3-17(13-22(19)27-25(18)30)5-7-28-8-10-29(11-9-28)23-15-20(26)16-24-21(23)6-12-31-24/h3-4,6,12-16H,2,5,7-11H2,1H3. The predicted octanol–water partition coefficient (Wildman–Crippen LogP) is 4.97. The van der Waals surface area contributed by atoms with Crippen LogP contribution in [0.5, 0.6) is 0 Å². The zero-order valence-corrected chi connectivity index (χ0v) is 18.4. The number of carbonyl (C=O) groups is 1. The van der Waals surface area contributed by atoms with Crippen LogP contribution in [0.25, 0.3) is 16.2 Å². The van der Waals surface area contributed by atoms with Gasteiger partial charge < -0.3 is 4.90 Å². The zero-order chi connectivity index (χ0) is 21.4. The second kappa shape index (κ2) is 8.44. The van der Waals surface area contributed by atoms with Gasteiger partial charge in [-0.25, -0.2) is 9.71 Å². The molecule has 1 aromatic heterocycles. The third-order valence-corrected chi connectivity index (χ3v) is 7.11. The van der Waals surface area contributed by atoms with Gasteiger partial charge in [-0.2, -0.15) is 0 Å². The fourth-order valence-electron chi connectivity index (χ4n) is 4.43. The van der Waals surface area contributed by atoms with E-state index in [-0.39, 0.29) is 11.7 Å². The Kier molecular flexibility index (Phi) is 5.50. The van der Waals surface area contributed by atoms with Crippen LogP contribution in [0.3, 0.4) is 0 Å². The molecule has 159 valence electrons. The number of benzene rings is 2. The lowest BCUT2D eigenvalue weighted by Crippen LogP contribution is -2.47. The lowest BCUT2D eigenvalue weighted by atomic mass is 9.99. The fourth-order valence-corrected chi connectivity index (χ4v) is 5.26. The van der Waals surface area contributed by atoms with Crippen molar-refractivity contribution in [1.29, 1.82) is 0 Å². The maximum Gasteiger partial charge on any atom is 0.273 e. The monoisotopic (exact) mass is 434 g/mol. The Morgan fingerprint density at radius 2 is 1.94 bits per heavy atom. The summed E-state index contributed by atoms with van der Waals surface area (Å²) >= 11 is 1.59. The van der Waals surface area contributed by atoms with Crippen LogP contribution in [0, 0.1) is 5.82 Å². The first-order valence-electron chi connectivity index (χ1n) is 10.8. The van der Waals surface area contributed by atoms with E-state index in [2.05, 4.69) is 33.3 Å². The fraction of sp³-hybridized carbons (Fsp3) is 0.320. The number of halogens is 1. The van der Waals surface area contributed by atoms with Gasteiger partial charge in [-0.1, -0.05) is 19.1 Å². The highest BCUT2D eigenvalue weighted by Crippen LogP contribution is 2.32. The highest BCUT2D eigenvalue weighted by atomic mass is 32.1. The molecule has 0 N–H and O–H groups in total. The number of amides is 1. The molecule has 6 heteroatoms. The lowest BCUT2D eigenvalue weighted by molar-refractivity contribution is -0.116. The van der Waals surface area contributed by atoms with Crippen molar-refractivity contribution < 1.29 is 9.18 Å². The molecular weight excluding hydrogens is 409 g/mol. The van der Waals surface area contributed by atoms with E-state index in [9.17, 15) is 9.18 Å². The molecule has 1 fully saturated rings. The molecule has 1 amide bonds. The first-order valence-corrected chi connectivity index (χ1v) is 11.7. The van der Waals surface area contributed by atoms with Gasteiger partial charge in [0.1, 0.15) is 5.82 Å². The van der Waals surface area contributed by atoms with Gasteiger partial charge in [-0.15, -0.1) is 11.3 Å². The Labute approximate surface area is 186 Å². The third-order valence-electron chi connectivity index (χ3n) is 6.25. The van der Waals surface area contributed by atoms with Gasteiger partial charge >= 0.3 is 0 Å². The van der Waals surface area contributed by atoms with Gasteiger partial charge in [0.05, 0.1) is 5.69 Å². The van der Waals surface area contributed by atoms with Gasteiger partial charge in [0.15, 0.2) is 0 Å². The minimum atomic E-state index is -0.162. The van der Waals surface area contributed by atoms with E-state index in [1.807, 2.05) is 24.4 Å². The van der Waals surface area contributed by atoms with Crippen molar-refractivity contribution in [3.05, 3.63) is 64.3 Å². The first kappa shape index (κ1) is 20.2. The van der Waals surface area contributed by atoms with E-state index in [0.717, 1.165) is 71.7 Å². The van der Waals surface area contributed by atoms with E-state index in [1.165, 1.54) is 5.56 Å². The average Bonchev–Trinajstić information content (AvgIpc) is 3.25. The molecule has 0 bridgehead atoms. The van der Waals surface area contributed by atoms with Crippen LogP contribution in [-0.2, 0) is 11.2 Å². The maximum absolute atomic E-state index is 14.0. The molecule has 3 heterocycles. The summed E-state index contributed by atoms with van der Waals surface area (Å²) in [5.41, 5.74) is 4.81. The summed E-state index contributed by atoms with van der Waals surface area (Å²) in [4.78, 5) is 16.8. The van der Waals surface area contributed by atoms with Gasteiger partial charge in [0.2, 0.25) is 0 Å². The number of piperazine rings is 1. The highest BCUT2D eigenvalue weighted by molar-refractivity contribution is 7.17. The van der Waals surface area contributed by atoms with E-state index >= 15 is 0 Å². The van der Waals surface area contributed by atoms with Crippen LogP contribution >= 0.6 is 11.3 Å². The van der Waals surface area contributed by atoms with Gasteiger partial charge in [0.25, 0.3) is 5.91 Å². The number of hydrogen-bond donors (Lipinski definition) is 0. The van der Waals surface area contributed by atoms with Crippen molar-refractivity contribution in [3.8, 4) is 0 Å². The van der Waals surface area contributed by atoms with E-state index in [4.69, 9.17) is 0 Å². The molecule has 0 spiro atoms. The molecule has 0 saturated carbocycles. The number of fused-ring (bicyclic) bond motifs is 2. The van der Waals surface area contributed by atoms with E-state index in [1.54, 1.807) is 23.5 Å². The molecule has 4 nitrogen and oxygen atoms in total. The SMILES string of the molecule is CCC1=Cc2ccc(CCN3CCN(c4cc(F)cc5sccc45)CC3)cc2[N]C1=O. The van der Waals surface area contributed by atoms with Crippen molar-refractivity contribution in [1.82, 2.24) is 10.2 Å². The summed E-state index contributed by atoms with van der Waals surface area (Å²) in [5.74, 6) is -0.273. The molecule has 31 heavy (non-hydrogen) atoms. The normalized spacial score (nSPS) is 16.9. The molecule has 0 atom stereocenters. The largest absolute Gasteiger partial charge is 0.368 e. The molecule has 5 rings (SSSR count). The topological polar surface area (TPSA) is 37.7 Å². The lowest BCUT2D eigenvalue weighted by Gasteiger charge is -2.36. The van der Waals surface area contributed by atoms with Crippen LogP contribution in [-0.4, -0.2) is 43.5 Å². The number of nitrogens with zero attached hydrogens (tertiary/aromatic N) is 3. The second-order valence-electron chi connectivity index (χ2n) is 8.17. The van der Waals surface area contributed by atoms with Gasteiger partial charge in [-0.3, -0.25) is 9.69 Å². The van der Waals surface area contributed by atoms with Gasteiger partial charge in [0, 0.05) is 59.6 Å². The highest BCUT2D eigenvalue weighted by Gasteiger charge is 2.21. The second-order valence-corrected chi connectivity index (χ2v) is 9.12. The summed E-state index contributed by atoms with van der Waals surface area (Å²) in [5, 5.41) is 7.44. The summed E-state index contributed by atoms with van der Waals surface area (Å²) in [6.07, 6.45) is 3.60. The van der Waals surface area contributed by atoms with Crippen LogP contribution in [0.4, 0.5) is 15.8 Å². The van der Waals surface area contributed by atoms with Crippen molar-refractivity contribution in [2.24, 2.45) is 0 Å². The molecule has 1 saturated heterocycles. The maximum atomic E-state index is 14.0. The first-order chi connectivity index (χ1) is 15.1. The van der Waals surface area contributed by atoms with Crippen molar-refractivity contribution >= 4 is 44.8 Å². The number of carbonyl (C=O) groups excluding carboxylic acids is 1. The predicted molar refractivity (Wildman–Crippen MR) is 126 cm³/mol. The Bertz CT molecular complexity index is 1160. The Hall–Kier alpha value is -2.70. The average molecular weight is 435 g/mol. The van der Waals surface area contributed by atoms with Gasteiger partial charge in [-0.05, 0) is 54.1 Å². The number of hydrogen-bond acceptors (Lipinski definition) is 4. The van der Waals surface area contributed by atoms with Crippen molar-refractivity contribution in [3.63, 3.8) is 0 Å². The molecule has 2 aliphatic heterocycles. The van der Waals surface area contributed by atoms with Crippen molar-refractivity contribution in [2.45, 2.75) is 19.8 Å².